The van der Waals surface area contributed by atoms with Crippen LogP contribution in [0.2, 0.25) is 20.6 Å². The molecule has 2 heterocycles. The van der Waals surface area contributed by atoms with Gasteiger partial charge < -0.3 is 10.2 Å². The molecule has 2 aromatic heterocycles. The van der Waals surface area contributed by atoms with Crippen LogP contribution in [0.25, 0.3) is 0 Å². The van der Waals surface area contributed by atoms with Crippen LogP contribution in [0, 0.1) is 11.6 Å². The van der Waals surface area contributed by atoms with Crippen molar-refractivity contribution in [3.05, 3.63) is 81.3 Å². The molecule has 33 heavy (non-hydrogen) atoms. The standard InChI is InChI=1S/C10H7Cl2FN4.C9H5Cl2FN4/c1-17(10-15-5-14-9(12)16-10)6-2-3-8(13)7(11)4-6;10-6-3-5(1-2-7(6)12)15-9-14-4-13-8(11)16-9/h2-5H,1H3;1-4H,(H,13,14,15,16). The van der Waals surface area contributed by atoms with Crippen molar-refractivity contribution < 1.29 is 8.78 Å². The van der Waals surface area contributed by atoms with Gasteiger partial charge in [0.2, 0.25) is 22.5 Å². The van der Waals surface area contributed by atoms with E-state index in [1.54, 1.807) is 18.0 Å². The number of hydrogen-bond donors (Lipinski definition) is 1. The third-order valence-corrected chi connectivity index (χ3v) is 4.78. The van der Waals surface area contributed by atoms with Gasteiger partial charge >= 0.3 is 0 Å². The third kappa shape index (κ3) is 7.03. The van der Waals surface area contributed by atoms with Crippen LogP contribution in [0.4, 0.5) is 32.1 Å². The highest BCUT2D eigenvalue weighted by Gasteiger charge is 2.10. The molecule has 0 aliphatic heterocycles. The monoisotopic (exact) mass is 530 g/mol. The van der Waals surface area contributed by atoms with Gasteiger partial charge in [-0.3, -0.25) is 0 Å². The van der Waals surface area contributed by atoms with Crippen molar-refractivity contribution in [3.8, 4) is 0 Å². The zero-order chi connectivity index (χ0) is 24.0. The van der Waals surface area contributed by atoms with E-state index in [1.807, 2.05) is 0 Å². The van der Waals surface area contributed by atoms with E-state index in [1.165, 1.54) is 43.0 Å². The average Bonchev–Trinajstić information content (AvgIpc) is 2.78. The molecule has 0 amide bonds. The predicted molar refractivity (Wildman–Crippen MR) is 124 cm³/mol. The number of benzene rings is 2. The minimum atomic E-state index is -0.485. The Morgan fingerprint density at radius 2 is 1.36 bits per heavy atom. The first-order valence-corrected chi connectivity index (χ1v) is 10.3. The van der Waals surface area contributed by atoms with Gasteiger partial charge in [0, 0.05) is 18.4 Å². The fourth-order valence-electron chi connectivity index (χ4n) is 2.28. The zero-order valence-corrected chi connectivity index (χ0v) is 19.5. The molecule has 8 nitrogen and oxygen atoms in total. The molecule has 0 saturated heterocycles. The normalized spacial score (nSPS) is 10.3. The van der Waals surface area contributed by atoms with Crippen LogP contribution in [-0.4, -0.2) is 37.0 Å². The first-order chi connectivity index (χ1) is 15.7. The molecule has 4 aromatic rings. The second-order valence-corrected chi connectivity index (χ2v) is 7.53. The molecule has 0 unspecified atom stereocenters. The number of anilines is 4. The quantitative estimate of drug-likeness (QED) is 0.335. The maximum Gasteiger partial charge on any atom is 0.233 e. The Hall–Kier alpha value is -2.92. The molecule has 0 aliphatic rings. The van der Waals surface area contributed by atoms with Crippen molar-refractivity contribution in [2.75, 3.05) is 17.3 Å². The molecular formula is C19H12Cl4F2N8. The summed E-state index contributed by atoms with van der Waals surface area (Å²) >= 11 is 22.6. The lowest BCUT2D eigenvalue weighted by atomic mass is 10.3. The number of hydrogen-bond acceptors (Lipinski definition) is 8. The summed E-state index contributed by atoms with van der Waals surface area (Å²) in [5.41, 5.74) is 1.22. The van der Waals surface area contributed by atoms with E-state index in [2.05, 4.69) is 35.2 Å². The highest BCUT2D eigenvalue weighted by molar-refractivity contribution is 6.31. The summed E-state index contributed by atoms with van der Waals surface area (Å²) in [6, 6.07) is 8.51. The van der Waals surface area contributed by atoms with Crippen molar-refractivity contribution in [3.63, 3.8) is 0 Å². The minimum absolute atomic E-state index is 0.0187. The van der Waals surface area contributed by atoms with Crippen LogP contribution in [0.5, 0.6) is 0 Å². The van der Waals surface area contributed by atoms with Crippen molar-refractivity contribution in [1.82, 2.24) is 29.9 Å². The van der Waals surface area contributed by atoms with Gasteiger partial charge in [0.15, 0.2) is 0 Å². The fourth-order valence-corrected chi connectivity index (χ4v) is 2.88. The highest BCUT2D eigenvalue weighted by Crippen LogP contribution is 2.25. The smallest absolute Gasteiger partial charge is 0.233 e. The molecule has 1 N–H and O–H groups in total. The number of nitrogens with one attached hydrogen (secondary N) is 1. The lowest BCUT2D eigenvalue weighted by Gasteiger charge is -2.16. The van der Waals surface area contributed by atoms with Crippen molar-refractivity contribution in [1.29, 1.82) is 0 Å². The first kappa shape index (κ1) is 24.7. The predicted octanol–water partition coefficient (Wildman–Crippen LogP) is 6.15. The van der Waals surface area contributed by atoms with Crippen LogP contribution in [0.1, 0.15) is 0 Å². The molecule has 0 bridgehead atoms. The summed E-state index contributed by atoms with van der Waals surface area (Å²) < 4.78 is 25.9. The second kappa shape index (κ2) is 11.3. The summed E-state index contributed by atoms with van der Waals surface area (Å²) in [4.78, 5) is 24.5. The number of aromatic nitrogens is 6. The number of nitrogens with zero attached hydrogens (tertiary/aromatic N) is 7. The van der Waals surface area contributed by atoms with E-state index >= 15 is 0 Å². The molecule has 2 aromatic carbocycles. The molecule has 0 radical (unpaired) electrons. The van der Waals surface area contributed by atoms with Crippen LogP contribution in [-0.2, 0) is 0 Å². The fraction of sp³-hybridized carbons (Fsp3) is 0.0526. The van der Waals surface area contributed by atoms with Crippen molar-refractivity contribution in [2.24, 2.45) is 0 Å². The Balaban J connectivity index is 0.000000186. The lowest BCUT2D eigenvalue weighted by molar-refractivity contribution is 0.628. The molecule has 0 saturated carbocycles. The Morgan fingerprint density at radius 3 is 1.97 bits per heavy atom. The van der Waals surface area contributed by atoms with Gasteiger partial charge in [-0.15, -0.1) is 0 Å². The summed E-state index contributed by atoms with van der Waals surface area (Å²) in [5.74, 6) is -0.339. The molecule has 14 heteroatoms. The maximum absolute atomic E-state index is 13.0. The molecule has 0 spiro atoms. The van der Waals surface area contributed by atoms with Gasteiger partial charge in [-0.1, -0.05) is 23.2 Å². The molecule has 0 fully saturated rings. The van der Waals surface area contributed by atoms with Crippen LogP contribution in [0.15, 0.2) is 49.1 Å². The molecule has 0 aliphatic carbocycles. The van der Waals surface area contributed by atoms with E-state index in [4.69, 9.17) is 46.4 Å². The maximum atomic E-state index is 13.0. The number of rotatable bonds is 4. The zero-order valence-electron chi connectivity index (χ0n) is 16.5. The highest BCUT2D eigenvalue weighted by atomic mass is 35.5. The Bertz CT molecular complexity index is 1260. The summed E-state index contributed by atoms with van der Waals surface area (Å²) in [6.45, 7) is 0. The Morgan fingerprint density at radius 1 is 0.758 bits per heavy atom. The van der Waals surface area contributed by atoms with Gasteiger partial charge in [0.1, 0.15) is 24.3 Å². The third-order valence-electron chi connectivity index (χ3n) is 3.84. The molecule has 170 valence electrons. The minimum Gasteiger partial charge on any atom is -0.324 e. The van der Waals surface area contributed by atoms with E-state index in [0.29, 0.717) is 17.3 Å². The molecule has 0 atom stereocenters. The summed E-state index contributed by atoms with van der Waals surface area (Å²) in [6.07, 6.45) is 2.56. The van der Waals surface area contributed by atoms with Gasteiger partial charge in [0.25, 0.3) is 0 Å². The van der Waals surface area contributed by atoms with Crippen LogP contribution < -0.4 is 10.2 Å². The number of halogens is 6. The Labute approximate surface area is 206 Å². The van der Waals surface area contributed by atoms with Crippen LogP contribution in [0.3, 0.4) is 0 Å². The van der Waals surface area contributed by atoms with E-state index in [0.717, 1.165) is 0 Å². The van der Waals surface area contributed by atoms with E-state index < -0.39 is 11.6 Å². The summed E-state index contributed by atoms with van der Waals surface area (Å²) in [5, 5.41) is 3.04. The van der Waals surface area contributed by atoms with Crippen molar-refractivity contribution in [2.45, 2.75) is 0 Å². The van der Waals surface area contributed by atoms with Gasteiger partial charge in [-0.2, -0.15) is 9.97 Å². The topological polar surface area (TPSA) is 92.6 Å². The molecular weight excluding hydrogens is 520 g/mol. The van der Waals surface area contributed by atoms with Crippen molar-refractivity contribution >= 4 is 69.7 Å². The largest absolute Gasteiger partial charge is 0.324 e. The lowest BCUT2D eigenvalue weighted by Crippen LogP contribution is -2.13. The van der Waals surface area contributed by atoms with Crippen LogP contribution >= 0.6 is 46.4 Å². The van der Waals surface area contributed by atoms with Gasteiger partial charge in [0.05, 0.1) is 10.0 Å². The Kier molecular flexibility index (Phi) is 8.45. The van der Waals surface area contributed by atoms with Gasteiger partial charge in [-0.25, -0.2) is 28.7 Å². The second-order valence-electron chi connectivity index (χ2n) is 6.04. The SMILES string of the molecule is CN(c1ccc(F)c(Cl)c1)c1ncnc(Cl)n1.Fc1ccc(Nc2ncnc(Cl)n2)cc1Cl. The van der Waals surface area contributed by atoms with E-state index in [-0.39, 0.29) is 26.6 Å². The average molecular weight is 532 g/mol. The van der Waals surface area contributed by atoms with Gasteiger partial charge in [-0.05, 0) is 59.6 Å². The first-order valence-electron chi connectivity index (χ1n) is 8.83. The van der Waals surface area contributed by atoms with E-state index in [9.17, 15) is 8.78 Å². The summed E-state index contributed by atoms with van der Waals surface area (Å²) in [7, 11) is 1.72. The molecule has 4 rings (SSSR count).